The summed E-state index contributed by atoms with van der Waals surface area (Å²) >= 11 is 2.01. The van der Waals surface area contributed by atoms with Gasteiger partial charge >= 0.3 is 0 Å². The highest BCUT2D eigenvalue weighted by Crippen LogP contribution is 2.21. The van der Waals surface area contributed by atoms with Crippen LogP contribution in [0.3, 0.4) is 0 Å². The molecular formula is C13H15FINO2. The number of ether oxygens (including phenoxy) is 1. The molecule has 0 saturated carbocycles. The molecule has 0 amide bonds. The van der Waals surface area contributed by atoms with Crippen LogP contribution in [0.25, 0.3) is 6.08 Å². The number of halogens is 2. The average molecular weight is 363 g/mol. The normalized spacial score (nSPS) is 12.7. The maximum Gasteiger partial charge on any atom is 0.165 e. The summed E-state index contributed by atoms with van der Waals surface area (Å²) in [6.07, 6.45) is 2.94. The fraction of sp³-hybridized carbons (Fsp3) is 0.308. The van der Waals surface area contributed by atoms with Crippen LogP contribution in [-0.4, -0.2) is 18.4 Å². The van der Waals surface area contributed by atoms with Crippen LogP contribution in [0.4, 0.5) is 4.39 Å². The van der Waals surface area contributed by atoms with Gasteiger partial charge in [0.25, 0.3) is 0 Å². The predicted molar refractivity (Wildman–Crippen MR) is 78.2 cm³/mol. The van der Waals surface area contributed by atoms with Crippen LogP contribution in [0.1, 0.15) is 19.4 Å². The van der Waals surface area contributed by atoms with E-state index in [0.29, 0.717) is 6.54 Å². The summed E-state index contributed by atoms with van der Waals surface area (Å²) in [6, 6.07) is 4.51. The monoisotopic (exact) mass is 363 g/mol. The van der Waals surface area contributed by atoms with Crippen LogP contribution in [0, 0.1) is 5.82 Å². The largest absolute Gasteiger partial charge is 0.486 e. The average Bonchev–Trinajstić information content (AvgIpc) is 2.30. The fourth-order valence-corrected chi connectivity index (χ4v) is 1.91. The predicted octanol–water partition coefficient (Wildman–Crippen LogP) is 3.13. The van der Waals surface area contributed by atoms with E-state index in [1.807, 2.05) is 29.8 Å². The van der Waals surface area contributed by atoms with Crippen LogP contribution in [-0.2, 0) is 4.79 Å². The Balaban J connectivity index is 2.84. The Kier molecular flexibility index (Phi) is 6.28. The van der Waals surface area contributed by atoms with Gasteiger partial charge in [-0.25, -0.2) is 4.39 Å². The van der Waals surface area contributed by atoms with E-state index in [0.717, 1.165) is 5.56 Å². The van der Waals surface area contributed by atoms with Gasteiger partial charge in [-0.05, 0) is 37.6 Å². The molecule has 1 atom stereocenters. The van der Waals surface area contributed by atoms with Crippen molar-refractivity contribution < 1.29 is 13.9 Å². The van der Waals surface area contributed by atoms with Gasteiger partial charge < -0.3 is 4.74 Å². The van der Waals surface area contributed by atoms with Crippen molar-refractivity contribution in [3.8, 4) is 5.75 Å². The van der Waals surface area contributed by atoms with E-state index in [4.69, 9.17) is 4.74 Å². The first-order valence-electron chi connectivity index (χ1n) is 5.51. The number of carbonyl (C=O) groups excluding carboxylic acids is 1. The number of hydrogen-bond donors (Lipinski definition) is 1. The molecule has 0 bridgehead atoms. The molecule has 0 radical (unpaired) electrons. The Morgan fingerprint density at radius 2 is 2.33 bits per heavy atom. The third kappa shape index (κ3) is 5.14. The zero-order chi connectivity index (χ0) is 13.5. The smallest absolute Gasteiger partial charge is 0.165 e. The standard InChI is InChI=1S/C13H15FINO2/c1-9(17)3-4-11-5-6-12(14)13(7-11)18-10(2)8-16-15/h3-7,10,16H,8H2,1-2H3/b4-3+/t10-/m0/s1. The van der Waals surface area contributed by atoms with Crippen molar-refractivity contribution >= 4 is 34.7 Å². The second-order valence-corrected chi connectivity index (χ2v) is 4.66. The van der Waals surface area contributed by atoms with E-state index in [1.54, 1.807) is 18.2 Å². The Hall–Kier alpha value is -0.950. The summed E-state index contributed by atoms with van der Waals surface area (Å²) in [5.41, 5.74) is 0.733. The third-order valence-corrected chi connectivity index (χ3v) is 2.60. The fourth-order valence-electron chi connectivity index (χ4n) is 1.29. The lowest BCUT2D eigenvalue weighted by Gasteiger charge is -2.14. The minimum Gasteiger partial charge on any atom is -0.486 e. The minimum absolute atomic E-state index is 0.0516. The molecule has 5 heteroatoms. The van der Waals surface area contributed by atoms with E-state index >= 15 is 0 Å². The van der Waals surface area contributed by atoms with E-state index in [9.17, 15) is 9.18 Å². The number of carbonyl (C=O) groups is 1. The Labute approximate surface area is 120 Å². The summed E-state index contributed by atoms with van der Waals surface area (Å²) in [4.78, 5) is 10.8. The highest BCUT2D eigenvalue weighted by Gasteiger charge is 2.08. The summed E-state index contributed by atoms with van der Waals surface area (Å²) < 4.78 is 21.9. The first-order chi connectivity index (χ1) is 8.52. The summed E-state index contributed by atoms with van der Waals surface area (Å²) in [6.45, 7) is 3.93. The van der Waals surface area contributed by atoms with Gasteiger partial charge in [0.05, 0.1) is 0 Å². The maximum atomic E-state index is 13.5. The molecule has 0 unspecified atom stereocenters. The first-order valence-corrected chi connectivity index (χ1v) is 6.59. The second-order valence-electron chi connectivity index (χ2n) is 3.90. The zero-order valence-electron chi connectivity index (χ0n) is 10.2. The van der Waals surface area contributed by atoms with Gasteiger partial charge in [-0.15, -0.1) is 0 Å². The number of benzene rings is 1. The van der Waals surface area contributed by atoms with Crippen molar-refractivity contribution in [2.75, 3.05) is 6.54 Å². The van der Waals surface area contributed by atoms with Crippen molar-refractivity contribution in [3.63, 3.8) is 0 Å². The van der Waals surface area contributed by atoms with Crippen molar-refractivity contribution in [2.24, 2.45) is 0 Å². The van der Waals surface area contributed by atoms with Gasteiger partial charge in [0.15, 0.2) is 17.3 Å². The molecule has 1 aromatic carbocycles. The van der Waals surface area contributed by atoms with Gasteiger partial charge in [0.2, 0.25) is 0 Å². The lowest BCUT2D eigenvalue weighted by Crippen LogP contribution is -2.23. The summed E-state index contributed by atoms with van der Waals surface area (Å²) in [7, 11) is 0. The molecule has 18 heavy (non-hydrogen) atoms. The van der Waals surface area contributed by atoms with Gasteiger partial charge in [0, 0.05) is 29.4 Å². The van der Waals surface area contributed by atoms with Crippen LogP contribution in [0.2, 0.25) is 0 Å². The Morgan fingerprint density at radius 3 is 2.94 bits per heavy atom. The lowest BCUT2D eigenvalue weighted by molar-refractivity contribution is -0.112. The van der Waals surface area contributed by atoms with E-state index in [1.165, 1.54) is 19.1 Å². The van der Waals surface area contributed by atoms with Crippen molar-refractivity contribution in [3.05, 3.63) is 35.7 Å². The van der Waals surface area contributed by atoms with Crippen molar-refractivity contribution in [1.82, 2.24) is 3.53 Å². The minimum atomic E-state index is -0.407. The van der Waals surface area contributed by atoms with Gasteiger partial charge in [0.1, 0.15) is 6.10 Å². The number of allylic oxidation sites excluding steroid dienone is 1. The van der Waals surface area contributed by atoms with Gasteiger partial charge in [-0.2, -0.15) is 0 Å². The van der Waals surface area contributed by atoms with E-state index in [2.05, 4.69) is 3.53 Å². The molecule has 0 heterocycles. The van der Waals surface area contributed by atoms with Gasteiger partial charge in [-0.3, -0.25) is 8.32 Å². The molecular weight excluding hydrogens is 348 g/mol. The van der Waals surface area contributed by atoms with Crippen molar-refractivity contribution in [1.29, 1.82) is 0 Å². The van der Waals surface area contributed by atoms with Crippen molar-refractivity contribution in [2.45, 2.75) is 20.0 Å². The molecule has 0 aliphatic heterocycles. The van der Waals surface area contributed by atoms with E-state index in [-0.39, 0.29) is 17.6 Å². The third-order valence-electron chi connectivity index (χ3n) is 2.16. The topological polar surface area (TPSA) is 38.3 Å². The number of ketones is 1. The highest BCUT2D eigenvalue weighted by molar-refractivity contribution is 14.1. The Morgan fingerprint density at radius 1 is 1.61 bits per heavy atom. The molecule has 0 aromatic heterocycles. The molecule has 0 saturated heterocycles. The van der Waals surface area contributed by atoms with Crippen LogP contribution >= 0.6 is 22.9 Å². The molecule has 3 nitrogen and oxygen atoms in total. The lowest BCUT2D eigenvalue weighted by atomic mass is 10.2. The zero-order valence-corrected chi connectivity index (χ0v) is 12.4. The molecule has 0 aliphatic rings. The molecule has 1 aromatic rings. The van der Waals surface area contributed by atoms with Crippen LogP contribution in [0.15, 0.2) is 24.3 Å². The SMILES string of the molecule is CC(=O)/C=C/c1ccc(F)c(O[C@@H](C)CNI)c1. The maximum absolute atomic E-state index is 13.5. The summed E-state index contributed by atoms with van der Waals surface area (Å²) in [5.74, 6) is -0.264. The van der Waals surface area contributed by atoms with Gasteiger partial charge in [-0.1, -0.05) is 12.1 Å². The first kappa shape index (κ1) is 15.1. The Bertz CT molecular complexity index is 449. The van der Waals surface area contributed by atoms with Crippen LogP contribution < -0.4 is 8.27 Å². The number of rotatable bonds is 6. The molecule has 98 valence electrons. The number of nitrogens with one attached hydrogen (secondary N) is 1. The van der Waals surface area contributed by atoms with Crippen LogP contribution in [0.5, 0.6) is 5.75 Å². The molecule has 0 spiro atoms. The second kappa shape index (κ2) is 7.48. The quantitative estimate of drug-likeness (QED) is 0.480. The molecule has 0 fully saturated rings. The highest BCUT2D eigenvalue weighted by atomic mass is 127. The molecule has 1 rings (SSSR count). The van der Waals surface area contributed by atoms with E-state index < -0.39 is 5.82 Å². The molecule has 0 aliphatic carbocycles. The summed E-state index contributed by atoms with van der Waals surface area (Å²) in [5, 5.41) is 0. The molecule has 1 N–H and O–H groups in total. The number of hydrogen-bond acceptors (Lipinski definition) is 3.